The Labute approximate surface area is 147 Å². The van der Waals surface area contributed by atoms with Crippen molar-refractivity contribution in [2.75, 3.05) is 33.9 Å². The summed E-state index contributed by atoms with van der Waals surface area (Å²) in [4.78, 5) is 16.9. The van der Waals surface area contributed by atoms with Gasteiger partial charge >= 0.3 is 0 Å². The molecule has 0 atom stereocenters. The van der Waals surface area contributed by atoms with E-state index in [1.54, 1.807) is 7.11 Å². The monoisotopic (exact) mass is 340 g/mol. The van der Waals surface area contributed by atoms with Crippen LogP contribution in [0.2, 0.25) is 0 Å². The number of carbonyl (C=O) groups excluding carboxylic acids is 1. The van der Waals surface area contributed by atoms with Crippen LogP contribution in [0.4, 0.5) is 0 Å². The number of rotatable bonds is 9. The summed E-state index contributed by atoms with van der Waals surface area (Å²) in [6.45, 7) is 6.69. The van der Waals surface area contributed by atoms with Crippen molar-refractivity contribution in [1.82, 2.24) is 9.80 Å². The molecule has 0 aromatic carbocycles. The summed E-state index contributed by atoms with van der Waals surface area (Å²) in [5.74, 6) is 0.323. The zero-order chi connectivity index (χ0) is 17.5. The molecular weight excluding hydrogens is 304 g/mol. The number of methoxy groups -OCH3 is 1. The summed E-state index contributed by atoms with van der Waals surface area (Å²) >= 11 is 0. The molecule has 1 aliphatic carbocycles. The minimum Gasteiger partial charge on any atom is -0.381 e. The number of likely N-dealkylation sites (tertiary alicyclic amines) is 1. The minimum atomic E-state index is 0.284. The average Bonchev–Trinajstić information content (AvgIpc) is 2.53. The number of nitrogens with zero attached hydrogens (tertiary/aromatic N) is 2. The lowest BCUT2D eigenvalue weighted by Crippen LogP contribution is -2.53. The molecule has 1 saturated heterocycles. The molecule has 0 aromatic heterocycles. The van der Waals surface area contributed by atoms with E-state index in [-0.39, 0.29) is 6.10 Å². The third-order valence-corrected chi connectivity index (χ3v) is 5.61. The quantitative estimate of drug-likeness (QED) is 0.605. The summed E-state index contributed by atoms with van der Waals surface area (Å²) in [6, 6.07) is 1.29. The van der Waals surface area contributed by atoms with E-state index < -0.39 is 0 Å². The van der Waals surface area contributed by atoms with Crippen molar-refractivity contribution < 1.29 is 14.3 Å². The van der Waals surface area contributed by atoms with E-state index in [1.165, 1.54) is 0 Å². The van der Waals surface area contributed by atoms with Gasteiger partial charge in [0.2, 0.25) is 5.91 Å². The number of carbonyl (C=O) groups is 1. The number of ether oxygens (including phenoxy) is 2. The predicted octanol–water partition coefficient (Wildman–Crippen LogP) is 2.68. The Hall–Kier alpha value is -0.650. The van der Waals surface area contributed by atoms with E-state index in [4.69, 9.17) is 9.47 Å². The van der Waals surface area contributed by atoms with Gasteiger partial charge in [0, 0.05) is 45.3 Å². The lowest BCUT2D eigenvalue weighted by atomic mass is 9.86. The smallest absolute Gasteiger partial charge is 0.222 e. The number of piperidine rings is 1. The van der Waals surface area contributed by atoms with Crippen LogP contribution >= 0.6 is 0 Å². The van der Waals surface area contributed by atoms with E-state index in [0.717, 1.165) is 58.2 Å². The molecule has 2 fully saturated rings. The van der Waals surface area contributed by atoms with Crippen LogP contribution in [-0.4, -0.2) is 73.9 Å². The normalized spacial score (nSPS) is 25.3. The fourth-order valence-corrected chi connectivity index (χ4v) is 3.74. The molecule has 5 heteroatoms. The molecule has 1 heterocycles. The minimum absolute atomic E-state index is 0.284. The lowest BCUT2D eigenvalue weighted by molar-refractivity contribution is -0.133. The molecule has 1 aliphatic heterocycles. The maximum absolute atomic E-state index is 12.3. The highest BCUT2D eigenvalue weighted by atomic mass is 16.5. The first-order valence-corrected chi connectivity index (χ1v) is 9.65. The second-order valence-corrected chi connectivity index (χ2v) is 7.64. The molecule has 0 radical (unpaired) electrons. The van der Waals surface area contributed by atoms with Crippen molar-refractivity contribution in [3.63, 3.8) is 0 Å². The highest BCUT2D eigenvalue weighted by molar-refractivity contribution is 5.76. The first kappa shape index (κ1) is 19.7. The molecule has 0 aromatic rings. The van der Waals surface area contributed by atoms with E-state index in [1.807, 2.05) is 13.8 Å². The van der Waals surface area contributed by atoms with Gasteiger partial charge in [0.25, 0.3) is 0 Å². The van der Waals surface area contributed by atoms with Crippen molar-refractivity contribution in [1.29, 1.82) is 0 Å². The van der Waals surface area contributed by atoms with E-state index >= 15 is 0 Å². The number of unbranched alkanes of at least 4 members (excludes halogenated alkanes) is 1. The maximum Gasteiger partial charge on any atom is 0.222 e. The molecule has 2 aliphatic rings. The van der Waals surface area contributed by atoms with Crippen molar-refractivity contribution in [2.45, 2.75) is 83.1 Å². The van der Waals surface area contributed by atoms with Gasteiger partial charge in [0.05, 0.1) is 12.2 Å². The number of amides is 1. The second-order valence-electron chi connectivity index (χ2n) is 7.64. The summed E-state index contributed by atoms with van der Waals surface area (Å²) in [5.41, 5.74) is 0. The Morgan fingerprint density at radius 2 is 1.83 bits per heavy atom. The molecule has 2 rings (SSSR count). The van der Waals surface area contributed by atoms with Crippen LogP contribution in [0.1, 0.15) is 58.8 Å². The van der Waals surface area contributed by atoms with Gasteiger partial charge in [-0.1, -0.05) is 0 Å². The summed E-state index contributed by atoms with van der Waals surface area (Å²) < 4.78 is 10.9. The largest absolute Gasteiger partial charge is 0.381 e. The molecule has 5 nitrogen and oxygen atoms in total. The van der Waals surface area contributed by atoms with E-state index in [0.29, 0.717) is 30.5 Å². The molecule has 1 amide bonds. The van der Waals surface area contributed by atoms with Crippen LogP contribution < -0.4 is 0 Å². The highest BCUT2D eigenvalue weighted by Crippen LogP contribution is 2.30. The molecule has 1 saturated carbocycles. The van der Waals surface area contributed by atoms with Gasteiger partial charge in [-0.3, -0.25) is 4.79 Å². The van der Waals surface area contributed by atoms with Crippen LogP contribution in [0.3, 0.4) is 0 Å². The maximum atomic E-state index is 12.3. The first-order chi connectivity index (χ1) is 11.5. The summed E-state index contributed by atoms with van der Waals surface area (Å²) in [5, 5.41) is 0. The first-order valence-electron chi connectivity index (χ1n) is 9.65. The van der Waals surface area contributed by atoms with Gasteiger partial charge < -0.3 is 19.3 Å². The lowest BCUT2D eigenvalue weighted by Gasteiger charge is -2.46. The van der Waals surface area contributed by atoms with Crippen LogP contribution in [0.25, 0.3) is 0 Å². The van der Waals surface area contributed by atoms with Gasteiger partial charge in [0.1, 0.15) is 0 Å². The predicted molar refractivity (Wildman–Crippen MR) is 96.1 cm³/mol. The molecule has 0 N–H and O–H groups in total. The van der Waals surface area contributed by atoms with Crippen LogP contribution in [0, 0.1) is 0 Å². The highest BCUT2D eigenvalue weighted by Gasteiger charge is 2.36. The molecule has 24 heavy (non-hydrogen) atoms. The van der Waals surface area contributed by atoms with Crippen LogP contribution in [0.5, 0.6) is 0 Å². The molecular formula is C19H36N2O3. The average molecular weight is 341 g/mol. The molecule has 0 bridgehead atoms. The van der Waals surface area contributed by atoms with Crippen molar-refractivity contribution in [2.24, 2.45) is 0 Å². The summed E-state index contributed by atoms with van der Waals surface area (Å²) in [7, 11) is 4.05. The molecule has 140 valence electrons. The number of hydrogen-bond donors (Lipinski definition) is 0. The van der Waals surface area contributed by atoms with Gasteiger partial charge in [-0.15, -0.1) is 0 Å². The van der Waals surface area contributed by atoms with Crippen molar-refractivity contribution in [3.05, 3.63) is 0 Å². The molecule has 0 unspecified atom stereocenters. The number of hydrogen-bond acceptors (Lipinski definition) is 4. The Morgan fingerprint density at radius 1 is 1.17 bits per heavy atom. The van der Waals surface area contributed by atoms with E-state index in [2.05, 4.69) is 16.8 Å². The topological polar surface area (TPSA) is 42.0 Å². The third kappa shape index (κ3) is 5.71. The Morgan fingerprint density at radius 3 is 2.42 bits per heavy atom. The van der Waals surface area contributed by atoms with Gasteiger partial charge in [-0.25, -0.2) is 0 Å². The SMILES string of the molecule is COC1CC(N(C)C2CCN(C(=O)CCCCOC(C)C)CC2)C1. The van der Waals surface area contributed by atoms with Gasteiger partial charge in [-0.05, 0) is 59.4 Å². The van der Waals surface area contributed by atoms with Crippen LogP contribution in [-0.2, 0) is 14.3 Å². The third-order valence-electron chi connectivity index (χ3n) is 5.61. The van der Waals surface area contributed by atoms with Crippen molar-refractivity contribution >= 4 is 5.91 Å². The van der Waals surface area contributed by atoms with E-state index in [9.17, 15) is 4.79 Å². The standard InChI is InChI=1S/C19H36N2O3/c1-15(2)24-12-6-5-7-19(22)21-10-8-16(9-11-21)20(3)17-13-18(14-17)23-4/h15-18H,5-14H2,1-4H3. The van der Waals surface area contributed by atoms with Crippen molar-refractivity contribution in [3.8, 4) is 0 Å². The summed E-state index contributed by atoms with van der Waals surface area (Å²) in [6.07, 6.45) is 7.84. The zero-order valence-corrected chi connectivity index (χ0v) is 16.0. The Kier molecular flexibility index (Phi) is 7.98. The second kappa shape index (κ2) is 9.73. The molecule has 0 spiro atoms. The van der Waals surface area contributed by atoms with Gasteiger partial charge in [-0.2, -0.15) is 0 Å². The fourth-order valence-electron chi connectivity index (χ4n) is 3.74. The Bertz CT molecular complexity index is 375. The van der Waals surface area contributed by atoms with Crippen LogP contribution in [0.15, 0.2) is 0 Å². The fraction of sp³-hybridized carbons (Fsp3) is 0.947. The Balaban J connectivity index is 1.59. The van der Waals surface area contributed by atoms with Gasteiger partial charge in [0.15, 0.2) is 0 Å². The zero-order valence-electron chi connectivity index (χ0n) is 16.0.